The molecule has 5 nitrogen and oxygen atoms in total. The van der Waals surface area contributed by atoms with Crippen molar-refractivity contribution >= 4 is 11.9 Å². The van der Waals surface area contributed by atoms with Gasteiger partial charge < -0.3 is 16.2 Å². The first kappa shape index (κ1) is 17.2. The van der Waals surface area contributed by atoms with E-state index in [4.69, 9.17) is 5.73 Å². The van der Waals surface area contributed by atoms with Gasteiger partial charge in [0, 0.05) is 6.04 Å². The van der Waals surface area contributed by atoms with Crippen LogP contribution in [0.3, 0.4) is 0 Å². The molecule has 0 aliphatic rings. The Hall–Kier alpha value is -1.88. The highest BCUT2D eigenvalue weighted by molar-refractivity contribution is 5.85. The van der Waals surface area contributed by atoms with E-state index in [1.54, 1.807) is 27.7 Å². The summed E-state index contributed by atoms with van der Waals surface area (Å²) in [6.45, 7) is 7.02. The Bertz CT molecular complexity index is 494. The van der Waals surface area contributed by atoms with Gasteiger partial charge in [-0.3, -0.25) is 4.79 Å². The highest BCUT2D eigenvalue weighted by Crippen LogP contribution is 2.23. The summed E-state index contributed by atoms with van der Waals surface area (Å²) in [5, 5.41) is 11.8. The molecule has 21 heavy (non-hydrogen) atoms. The molecule has 0 saturated carbocycles. The summed E-state index contributed by atoms with van der Waals surface area (Å²) in [6.07, 6.45) is 0. The number of amides is 1. The number of rotatable bonds is 5. The number of carbonyl (C=O) groups is 2. The Morgan fingerprint density at radius 1 is 1.19 bits per heavy atom. The van der Waals surface area contributed by atoms with Crippen LogP contribution >= 0.6 is 0 Å². The van der Waals surface area contributed by atoms with E-state index in [1.165, 1.54) is 0 Å². The highest BCUT2D eigenvalue weighted by Gasteiger charge is 2.34. The normalized spacial score (nSPS) is 15.9. The monoisotopic (exact) mass is 292 g/mol. The number of carboxylic acids is 1. The number of carboxylic acid groups (broad SMARTS) is 1. The van der Waals surface area contributed by atoms with Crippen LogP contribution in [-0.4, -0.2) is 23.0 Å². The van der Waals surface area contributed by atoms with Gasteiger partial charge in [0.05, 0.1) is 5.92 Å². The fourth-order valence-corrected chi connectivity index (χ4v) is 2.05. The number of hydrogen-bond donors (Lipinski definition) is 3. The van der Waals surface area contributed by atoms with Crippen molar-refractivity contribution in [2.45, 2.75) is 39.8 Å². The van der Waals surface area contributed by atoms with Crippen molar-refractivity contribution in [1.82, 2.24) is 5.32 Å². The minimum Gasteiger partial charge on any atom is -0.480 e. The summed E-state index contributed by atoms with van der Waals surface area (Å²) in [5.41, 5.74) is 6.37. The minimum absolute atomic E-state index is 0.353. The Kier molecular flexibility index (Phi) is 5.49. The van der Waals surface area contributed by atoms with E-state index in [-0.39, 0.29) is 5.91 Å². The van der Waals surface area contributed by atoms with Crippen molar-refractivity contribution in [3.8, 4) is 0 Å². The van der Waals surface area contributed by atoms with Crippen LogP contribution in [0.25, 0.3) is 0 Å². The van der Waals surface area contributed by atoms with Gasteiger partial charge in [0.2, 0.25) is 5.91 Å². The van der Waals surface area contributed by atoms with Crippen LogP contribution in [0.15, 0.2) is 30.3 Å². The van der Waals surface area contributed by atoms with E-state index in [0.717, 1.165) is 5.56 Å². The van der Waals surface area contributed by atoms with Crippen LogP contribution in [0.4, 0.5) is 0 Å². The molecule has 1 rings (SSSR count). The van der Waals surface area contributed by atoms with Crippen molar-refractivity contribution in [2.75, 3.05) is 0 Å². The quantitative estimate of drug-likeness (QED) is 0.773. The third kappa shape index (κ3) is 4.56. The molecule has 3 atom stereocenters. The van der Waals surface area contributed by atoms with E-state index in [2.05, 4.69) is 5.32 Å². The van der Waals surface area contributed by atoms with Crippen molar-refractivity contribution in [2.24, 2.45) is 17.1 Å². The standard InChI is InChI=1S/C16H24N2O3/c1-10(12(17)11-8-6-5-7-9-11)14(19)18-13(15(20)21)16(2,3)4/h5-10,12-13H,17H2,1-4H3,(H,18,19)(H,20,21)/t10?,12?,13-/m0/s1. The van der Waals surface area contributed by atoms with E-state index >= 15 is 0 Å². The lowest BCUT2D eigenvalue weighted by atomic mass is 9.86. The van der Waals surface area contributed by atoms with Crippen molar-refractivity contribution < 1.29 is 14.7 Å². The fourth-order valence-electron chi connectivity index (χ4n) is 2.05. The first-order chi connectivity index (χ1) is 9.64. The third-order valence-electron chi connectivity index (χ3n) is 3.54. The maximum atomic E-state index is 12.3. The van der Waals surface area contributed by atoms with Crippen LogP contribution in [-0.2, 0) is 9.59 Å². The molecule has 1 aromatic carbocycles. The lowest BCUT2D eigenvalue weighted by Crippen LogP contribution is -2.51. The average Bonchev–Trinajstić information content (AvgIpc) is 2.42. The largest absolute Gasteiger partial charge is 0.480 e. The lowest BCUT2D eigenvalue weighted by molar-refractivity contribution is -0.145. The van der Waals surface area contributed by atoms with E-state index in [1.807, 2.05) is 30.3 Å². The predicted octanol–water partition coefficient (Wildman–Crippen LogP) is 1.94. The number of carbonyl (C=O) groups excluding carboxylic acids is 1. The molecule has 0 spiro atoms. The summed E-state index contributed by atoms with van der Waals surface area (Å²) in [6, 6.07) is 7.88. The second-order valence-electron chi connectivity index (χ2n) is 6.37. The maximum Gasteiger partial charge on any atom is 0.326 e. The van der Waals surface area contributed by atoms with Crippen molar-refractivity contribution in [3.63, 3.8) is 0 Å². The van der Waals surface area contributed by atoms with Gasteiger partial charge in [-0.05, 0) is 11.0 Å². The summed E-state index contributed by atoms with van der Waals surface area (Å²) >= 11 is 0. The molecular weight excluding hydrogens is 268 g/mol. The third-order valence-corrected chi connectivity index (χ3v) is 3.54. The smallest absolute Gasteiger partial charge is 0.326 e. The number of hydrogen-bond acceptors (Lipinski definition) is 3. The number of benzene rings is 1. The van der Waals surface area contributed by atoms with Gasteiger partial charge in [0.15, 0.2) is 0 Å². The van der Waals surface area contributed by atoms with E-state index < -0.39 is 29.4 Å². The Morgan fingerprint density at radius 3 is 2.14 bits per heavy atom. The van der Waals surface area contributed by atoms with Crippen molar-refractivity contribution in [3.05, 3.63) is 35.9 Å². The molecule has 2 unspecified atom stereocenters. The molecule has 0 aliphatic heterocycles. The molecule has 0 radical (unpaired) electrons. The van der Waals surface area contributed by atoms with Gasteiger partial charge in [-0.2, -0.15) is 0 Å². The molecule has 0 heterocycles. The fraction of sp³-hybridized carbons (Fsp3) is 0.500. The molecule has 0 bridgehead atoms. The molecule has 0 saturated heterocycles. The molecule has 5 heteroatoms. The average molecular weight is 292 g/mol. The summed E-state index contributed by atoms with van der Waals surface area (Å²) in [7, 11) is 0. The first-order valence-corrected chi connectivity index (χ1v) is 6.98. The summed E-state index contributed by atoms with van der Waals surface area (Å²) < 4.78 is 0. The second kappa shape index (κ2) is 6.72. The highest BCUT2D eigenvalue weighted by atomic mass is 16.4. The molecule has 0 aromatic heterocycles. The van der Waals surface area contributed by atoms with Crippen LogP contribution in [0.1, 0.15) is 39.3 Å². The zero-order valence-electron chi connectivity index (χ0n) is 13.0. The molecule has 4 N–H and O–H groups in total. The Balaban J connectivity index is 2.81. The van der Waals surface area contributed by atoms with Gasteiger partial charge in [-0.15, -0.1) is 0 Å². The lowest BCUT2D eigenvalue weighted by Gasteiger charge is -2.30. The van der Waals surface area contributed by atoms with Crippen LogP contribution < -0.4 is 11.1 Å². The van der Waals surface area contributed by atoms with Gasteiger partial charge >= 0.3 is 5.97 Å². The molecule has 0 fully saturated rings. The van der Waals surface area contributed by atoms with E-state index in [9.17, 15) is 14.7 Å². The summed E-state index contributed by atoms with van der Waals surface area (Å²) in [4.78, 5) is 23.6. The molecule has 116 valence electrons. The van der Waals surface area contributed by atoms with Crippen molar-refractivity contribution in [1.29, 1.82) is 0 Å². The second-order valence-corrected chi connectivity index (χ2v) is 6.37. The van der Waals surface area contributed by atoms with Gasteiger partial charge in [-0.25, -0.2) is 4.79 Å². The SMILES string of the molecule is CC(C(=O)N[C@@H](C(=O)O)C(C)(C)C)C(N)c1ccccc1. The first-order valence-electron chi connectivity index (χ1n) is 6.98. The molecule has 0 aliphatic carbocycles. The van der Waals surface area contributed by atoms with Crippen LogP contribution in [0.2, 0.25) is 0 Å². The number of aliphatic carboxylic acids is 1. The van der Waals surface area contributed by atoms with Gasteiger partial charge in [0.1, 0.15) is 6.04 Å². The topological polar surface area (TPSA) is 92.4 Å². The number of nitrogens with one attached hydrogen (secondary N) is 1. The van der Waals surface area contributed by atoms with Gasteiger partial charge in [-0.1, -0.05) is 58.0 Å². The van der Waals surface area contributed by atoms with Crippen LogP contribution in [0, 0.1) is 11.3 Å². The molecule has 1 aromatic rings. The Morgan fingerprint density at radius 2 is 1.71 bits per heavy atom. The summed E-state index contributed by atoms with van der Waals surface area (Å²) in [5.74, 6) is -1.92. The van der Waals surface area contributed by atoms with E-state index in [0.29, 0.717) is 0 Å². The zero-order chi connectivity index (χ0) is 16.2. The zero-order valence-corrected chi connectivity index (χ0v) is 13.0. The maximum absolute atomic E-state index is 12.3. The minimum atomic E-state index is -1.05. The molecule has 1 amide bonds. The number of nitrogens with two attached hydrogens (primary N) is 1. The predicted molar refractivity (Wildman–Crippen MR) is 81.6 cm³/mol. The van der Waals surface area contributed by atoms with Crippen LogP contribution in [0.5, 0.6) is 0 Å². The molecular formula is C16H24N2O3. The Labute approximate surface area is 125 Å². The van der Waals surface area contributed by atoms with Gasteiger partial charge in [0.25, 0.3) is 0 Å².